The molecule has 0 bridgehead atoms. The molecule has 2 aliphatic heterocycles. The van der Waals surface area contributed by atoms with Crippen LogP contribution in [0.25, 0.3) is 0 Å². The van der Waals surface area contributed by atoms with Crippen molar-refractivity contribution in [2.24, 2.45) is 11.8 Å². The predicted octanol–water partition coefficient (Wildman–Crippen LogP) is 0.133. The van der Waals surface area contributed by atoms with Crippen molar-refractivity contribution in [1.29, 1.82) is 0 Å². The van der Waals surface area contributed by atoms with E-state index in [2.05, 4.69) is 0 Å². The molecule has 0 spiro atoms. The Morgan fingerprint density at radius 3 is 2.42 bits per heavy atom. The molecule has 2 atom stereocenters. The number of amides is 1. The summed E-state index contributed by atoms with van der Waals surface area (Å²) in [5, 5.41) is 7.97. The zero-order valence-electron chi connectivity index (χ0n) is 10.9. The van der Waals surface area contributed by atoms with E-state index >= 15 is 0 Å². The van der Waals surface area contributed by atoms with E-state index < -0.39 is 27.0 Å². The number of carbonyl (C=O) groups excluding carboxylic acids is 1. The normalized spacial score (nSPS) is 28.5. The van der Waals surface area contributed by atoms with Crippen LogP contribution in [0.3, 0.4) is 0 Å². The van der Waals surface area contributed by atoms with Gasteiger partial charge in [0.1, 0.15) is 5.25 Å². The molecule has 2 unspecified atom stereocenters. The summed E-state index contributed by atoms with van der Waals surface area (Å²) < 4.78 is 23.7. The first kappa shape index (κ1) is 14.3. The number of hydrogen-bond donors (Lipinski definition) is 1. The molecule has 2 aliphatic rings. The van der Waals surface area contributed by atoms with E-state index in [-0.39, 0.29) is 17.6 Å². The second kappa shape index (κ2) is 5.11. The van der Waals surface area contributed by atoms with Crippen molar-refractivity contribution in [3.63, 3.8) is 0 Å². The van der Waals surface area contributed by atoms with Crippen LogP contribution in [0.1, 0.15) is 26.2 Å². The SMILES string of the molecule is CC(C(=O)O)C1CN(C(=O)C2CCCCS2(=O)=O)C1. The Morgan fingerprint density at radius 2 is 1.89 bits per heavy atom. The number of likely N-dealkylation sites (tertiary alicyclic amines) is 1. The number of sulfone groups is 1. The molecule has 6 nitrogen and oxygen atoms in total. The van der Waals surface area contributed by atoms with Crippen molar-refractivity contribution >= 4 is 21.7 Å². The first-order valence-corrected chi connectivity index (χ1v) is 8.27. The van der Waals surface area contributed by atoms with Gasteiger partial charge in [-0.05, 0) is 12.8 Å². The van der Waals surface area contributed by atoms with E-state index in [9.17, 15) is 18.0 Å². The zero-order chi connectivity index (χ0) is 14.2. The van der Waals surface area contributed by atoms with Gasteiger partial charge in [0.2, 0.25) is 5.91 Å². The zero-order valence-corrected chi connectivity index (χ0v) is 11.7. The largest absolute Gasteiger partial charge is 0.481 e. The van der Waals surface area contributed by atoms with Gasteiger partial charge in [-0.25, -0.2) is 8.42 Å². The van der Waals surface area contributed by atoms with E-state index in [1.165, 1.54) is 4.90 Å². The molecule has 0 radical (unpaired) electrons. The average Bonchev–Trinajstić information content (AvgIpc) is 2.25. The predicted molar refractivity (Wildman–Crippen MR) is 68.3 cm³/mol. The summed E-state index contributed by atoms with van der Waals surface area (Å²) in [5.41, 5.74) is 0. The highest BCUT2D eigenvalue weighted by Crippen LogP contribution is 2.28. The van der Waals surface area contributed by atoms with E-state index in [4.69, 9.17) is 5.11 Å². The third-order valence-electron chi connectivity index (χ3n) is 4.17. The Morgan fingerprint density at radius 1 is 1.26 bits per heavy atom. The van der Waals surface area contributed by atoms with Crippen LogP contribution in [0, 0.1) is 11.8 Å². The van der Waals surface area contributed by atoms with E-state index in [1.54, 1.807) is 6.92 Å². The third-order valence-corrected chi connectivity index (χ3v) is 6.33. The summed E-state index contributed by atoms with van der Waals surface area (Å²) in [6.07, 6.45) is 1.79. The van der Waals surface area contributed by atoms with E-state index in [0.29, 0.717) is 25.9 Å². The van der Waals surface area contributed by atoms with Gasteiger partial charge < -0.3 is 10.0 Å². The second-order valence-corrected chi connectivity index (χ2v) is 7.78. The molecule has 2 fully saturated rings. The molecule has 0 aromatic rings. The topological polar surface area (TPSA) is 91.8 Å². The smallest absolute Gasteiger partial charge is 0.306 e. The first-order valence-electron chi connectivity index (χ1n) is 6.56. The molecule has 108 valence electrons. The number of carboxylic acid groups (broad SMARTS) is 1. The molecule has 1 N–H and O–H groups in total. The van der Waals surface area contributed by atoms with Crippen LogP contribution in [0.4, 0.5) is 0 Å². The summed E-state index contributed by atoms with van der Waals surface area (Å²) >= 11 is 0. The van der Waals surface area contributed by atoms with Gasteiger partial charge in [0.25, 0.3) is 0 Å². The lowest BCUT2D eigenvalue weighted by Gasteiger charge is -2.43. The molecule has 0 aliphatic carbocycles. The summed E-state index contributed by atoms with van der Waals surface area (Å²) in [6, 6.07) is 0. The van der Waals surface area contributed by atoms with Crippen LogP contribution in [-0.4, -0.2) is 54.4 Å². The molecule has 0 aromatic heterocycles. The Labute approximate surface area is 112 Å². The Bertz CT molecular complexity index is 480. The van der Waals surface area contributed by atoms with Gasteiger partial charge in [-0.1, -0.05) is 13.3 Å². The summed E-state index contributed by atoms with van der Waals surface area (Å²) in [4.78, 5) is 24.4. The molecular formula is C12H19NO5S. The Hall–Kier alpha value is -1.11. The minimum absolute atomic E-state index is 0.0623. The second-order valence-electron chi connectivity index (χ2n) is 5.48. The van der Waals surface area contributed by atoms with Crippen LogP contribution in [-0.2, 0) is 19.4 Å². The summed E-state index contributed by atoms with van der Waals surface area (Å²) in [5.74, 6) is -1.68. The fraction of sp³-hybridized carbons (Fsp3) is 0.833. The van der Waals surface area contributed by atoms with Gasteiger partial charge in [0, 0.05) is 19.0 Å². The van der Waals surface area contributed by atoms with Crippen molar-refractivity contribution in [1.82, 2.24) is 4.90 Å². The molecule has 19 heavy (non-hydrogen) atoms. The van der Waals surface area contributed by atoms with Crippen molar-refractivity contribution in [3.8, 4) is 0 Å². The number of hydrogen-bond acceptors (Lipinski definition) is 4. The molecule has 0 saturated carbocycles. The molecular weight excluding hydrogens is 270 g/mol. The maximum Gasteiger partial charge on any atom is 0.306 e. The van der Waals surface area contributed by atoms with Crippen LogP contribution in [0.5, 0.6) is 0 Å². The van der Waals surface area contributed by atoms with Crippen molar-refractivity contribution in [2.75, 3.05) is 18.8 Å². The molecule has 7 heteroatoms. The van der Waals surface area contributed by atoms with Gasteiger partial charge in [-0.2, -0.15) is 0 Å². The number of rotatable bonds is 3. The highest BCUT2D eigenvalue weighted by molar-refractivity contribution is 7.92. The van der Waals surface area contributed by atoms with Crippen molar-refractivity contribution < 1.29 is 23.1 Å². The van der Waals surface area contributed by atoms with E-state index in [0.717, 1.165) is 6.42 Å². The van der Waals surface area contributed by atoms with Gasteiger partial charge in [-0.15, -0.1) is 0 Å². The fourth-order valence-corrected chi connectivity index (χ4v) is 4.52. The lowest BCUT2D eigenvalue weighted by atomic mass is 9.87. The quantitative estimate of drug-likeness (QED) is 0.797. The highest BCUT2D eigenvalue weighted by Gasteiger charge is 2.43. The van der Waals surface area contributed by atoms with Crippen LogP contribution < -0.4 is 0 Å². The fourth-order valence-electron chi connectivity index (χ4n) is 2.65. The van der Waals surface area contributed by atoms with Crippen LogP contribution >= 0.6 is 0 Å². The Kier molecular flexibility index (Phi) is 3.85. The van der Waals surface area contributed by atoms with Gasteiger partial charge in [-0.3, -0.25) is 9.59 Å². The number of nitrogens with zero attached hydrogens (tertiary/aromatic N) is 1. The molecule has 2 saturated heterocycles. The lowest BCUT2D eigenvalue weighted by Crippen LogP contribution is -2.57. The highest BCUT2D eigenvalue weighted by atomic mass is 32.2. The molecule has 1 amide bonds. The van der Waals surface area contributed by atoms with Gasteiger partial charge in [0.05, 0.1) is 11.7 Å². The minimum atomic E-state index is -3.31. The summed E-state index contributed by atoms with van der Waals surface area (Å²) in [7, 11) is -3.31. The molecule has 2 rings (SSSR count). The lowest BCUT2D eigenvalue weighted by molar-refractivity contribution is -0.150. The maximum atomic E-state index is 12.1. The average molecular weight is 289 g/mol. The van der Waals surface area contributed by atoms with Crippen molar-refractivity contribution in [2.45, 2.75) is 31.4 Å². The molecule has 0 aromatic carbocycles. The van der Waals surface area contributed by atoms with Gasteiger partial charge >= 0.3 is 5.97 Å². The standard InChI is InChI=1S/C12H19NO5S/c1-8(12(15)16)9-6-13(7-9)11(14)10-4-2-3-5-19(10,17)18/h8-10H,2-7H2,1H3,(H,15,16). The molecule has 2 heterocycles. The number of carboxylic acids is 1. The third kappa shape index (κ3) is 2.75. The monoisotopic (exact) mass is 289 g/mol. The Balaban J connectivity index is 1.95. The first-order chi connectivity index (χ1) is 8.83. The van der Waals surface area contributed by atoms with Crippen LogP contribution in [0.2, 0.25) is 0 Å². The maximum absolute atomic E-state index is 12.1. The van der Waals surface area contributed by atoms with E-state index in [1.807, 2.05) is 0 Å². The number of aliphatic carboxylic acids is 1. The summed E-state index contributed by atoms with van der Waals surface area (Å²) in [6.45, 7) is 2.34. The number of carbonyl (C=O) groups is 2. The van der Waals surface area contributed by atoms with Crippen molar-refractivity contribution in [3.05, 3.63) is 0 Å². The van der Waals surface area contributed by atoms with Crippen LogP contribution in [0.15, 0.2) is 0 Å². The van der Waals surface area contributed by atoms with Gasteiger partial charge in [0.15, 0.2) is 9.84 Å². The minimum Gasteiger partial charge on any atom is -0.481 e.